The Morgan fingerprint density at radius 1 is 1.09 bits per heavy atom. The first-order valence-corrected chi connectivity index (χ1v) is 7.14. The molecule has 1 amide bonds. The zero-order valence-corrected chi connectivity index (χ0v) is 13.0. The first-order valence-electron chi connectivity index (χ1n) is 7.14. The maximum Gasteiger partial charge on any atom is 0.267 e. The Morgan fingerprint density at radius 3 is 2.41 bits per heavy atom. The summed E-state index contributed by atoms with van der Waals surface area (Å²) >= 11 is 0. The molecule has 2 N–H and O–H groups in total. The second kappa shape index (κ2) is 9.37. The molecule has 0 aliphatic rings. The van der Waals surface area contributed by atoms with Crippen molar-refractivity contribution in [2.75, 3.05) is 0 Å². The van der Waals surface area contributed by atoms with Crippen LogP contribution in [0.1, 0.15) is 25.0 Å². The minimum absolute atomic E-state index is 0.574. The molecule has 0 atom stereocenters. The average molecular weight is 299 g/mol. The molecule has 0 bridgehead atoms. The van der Waals surface area contributed by atoms with Crippen molar-refractivity contribution >= 4 is 12.0 Å². The van der Waals surface area contributed by atoms with Crippen LogP contribution in [0, 0.1) is 6.92 Å². The molecule has 0 saturated carbocycles. The predicted molar refractivity (Wildman–Crippen MR) is 88.0 cm³/mol. The Bertz CT molecular complexity index is 618. The third-order valence-electron chi connectivity index (χ3n) is 2.65. The first-order chi connectivity index (χ1) is 10.7. The van der Waals surface area contributed by atoms with Crippen LogP contribution in [0.25, 0.3) is 6.08 Å². The lowest BCUT2D eigenvalue weighted by molar-refractivity contribution is -0.124. The molecule has 0 aliphatic heterocycles. The van der Waals surface area contributed by atoms with Gasteiger partial charge < -0.3 is 4.74 Å². The monoisotopic (exact) mass is 299 g/mol. The highest BCUT2D eigenvalue weighted by molar-refractivity contribution is 5.90. The zero-order chi connectivity index (χ0) is 16.4. The molecule has 116 valence electrons. The van der Waals surface area contributed by atoms with Crippen molar-refractivity contribution in [3.63, 3.8) is 0 Å². The fraction of sp³-hybridized carbons (Fsp3) is 0.167. The van der Waals surface area contributed by atoms with E-state index in [1.807, 2.05) is 63.2 Å². The molecule has 0 saturated heterocycles. The van der Waals surface area contributed by atoms with Crippen LogP contribution in [0.4, 0.5) is 0 Å². The number of hydrogen-bond donors (Lipinski definition) is 2. The smallest absolute Gasteiger partial charge is 0.267 e. The fourth-order valence-corrected chi connectivity index (χ4v) is 1.63. The average Bonchev–Trinajstić information content (AvgIpc) is 2.57. The standard InChI is InChI=1S/C16H15NO3.C2H6/c1-12-5-8-14(9-6-12)20-15-4-2-3-13(11-15)7-10-16(18)17-19;1-2/h2-11,19H,1H3,(H,17,18);1-2H3/b10-7+;. The lowest BCUT2D eigenvalue weighted by Gasteiger charge is -2.06. The lowest BCUT2D eigenvalue weighted by Crippen LogP contribution is -2.14. The van der Waals surface area contributed by atoms with E-state index in [1.54, 1.807) is 12.1 Å². The highest BCUT2D eigenvalue weighted by Crippen LogP contribution is 2.22. The van der Waals surface area contributed by atoms with Crippen molar-refractivity contribution in [1.82, 2.24) is 5.48 Å². The second-order valence-electron chi connectivity index (χ2n) is 4.30. The van der Waals surface area contributed by atoms with Gasteiger partial charge in [0.1, 0.15) is 11.5 Å². The summed E-state index contributed by atoms with van der Waals surface area (Å²) in [6.07, 6.45) is 2.83. The molecule has 0 spiro atoms. The van der Waals surface area contributed by atoms with E-state index in [1.165, 1.54) is 17.1 Å². The number of carbonyl (C=O) groups is 1. The zero-order valence-electron chi connectivity index (χ0n) is 13.0. The van der Waals surface area contributed by atoms with Crippen LogP contribution < -0.4 is 10.2 Å². The number of hydrogen-bond acceptors (Lipinski definition) is 3. The van der Waals surface area contributed by atoms with Gasteiger partial charge in [0.2, 0.25) is 0 Å². The van der Waals surface area contributed by atoms with E-state index >= 15 is 0 Å². The molecule has 0 fully saturated rings. The molecule has 22 heavy (non-hydrogen) atoms. The van der Waals surface area contributed by atoms with E-state index in [2.05, 4.69) is 0 Å². The van der Waals surface area contributed by atoms with E-state index in [4.69, 9.17) is 9.94 Å². The summed E-state index contributed by atoms with van der Waals surface area (Å²) in [6, 6.07) is 15.1. The van der Waals surface area contributed by atoms with E-state index < -0.39 is 5.91 Å². The van der Waals surface area contributed by atoms with Crippen molar-refractivity contribution in [2.24, 2.45) is 0 Å². The van der Waals surface area contributed by atoms with Crippen molar-refractivity contribution < 1.29 is 14.7 Å². The maximum absolute atomic E-state index is 10.9. The number of ether oxygens (including phenoxy) is 1. The highest BCUT2D eigenvalue weighted by Gasteiger charge is 1.98. The van der Waals surface area contributed by atoms with Gasteiger partial charge in [-0.15, -0.1) is 0 Å². The Kier molecular flexibility index (Phi) is 7.43. The quantitative estimate of drug-likeness (QED) is 0.502. The minimum atomic E-state index is -0.574. The molecule has 4 heteroatoms. The van der Waals surface area contributed by atoms with Crippen molar-refractivity contribution in [3.8, 4) is 11.5 Å². The van der Waals surface area contributed by atoms with Gasteiger partial charge in [-0.05, 0) is 42.8 Å². The summed E-state index contributed by atoms with van der Waals surface area (Å²) in [4.78, 5) is 10.9. The number of nitrogens with one attached hydrogen (secondary N) is 1. The number of benzene rings is 2. The van der Waals surface area contributed by atoms with Gasteiger partial charge >= 0.3 is 0 Å². The normalized spacial score (nSPS) is 9.82. The maximum atomic E-state index is 10.9. The van der Waals surface area contributed by atoms with Gasteiger partial charge in [0.15, 0.2) is 0 Å². The van der Waals surface area contributed by atoms with Gasteiger partial charge in [-0.1, -0.05) is 43.7 Å². The van der Waals surface area contributed by atoms with E-state index in [0.29, 0.717) is 5.75 Å². The van der Waals surface area contributed by atoms with E-state index in [9.17, 15) is 4.79 Å². The largest absolute Gasteiger partial charge is 0.457 e. The molecule has 2 rings (SSSR count). The SMILES string of the molecule is CC.Cc1ccc(Oc2cccc(/C=C/C(=O)NO)c2)cc1. The van der Waals surface area contributed by atoms with Gasteiger partial charge in [0.05, 0.1) is 0 Å². The van der Waals surface area contributed by atoms with Crippen LogP contribution in [0.3, 0.4) is 0 Å². The van der Waals surface area contributed by atoms with Crippen molar-refractivity contribution in [2.45, 2.75) is 20.8 Å². The van der Waals surface area contributed by atoms with Gasteiger partial charge in [-0.3, -0.25) is 10.0 Å². The van der Waals surface area contributed by atoms with Gasteiger partial charge in [-0.2, -0.15) is 0 Å². The summed E-state index contributed by atoms with van der Waals surface area (Å²) in [5.41, 5.74) is 3.51. The fourth-order valence-electron chi connectivity index (χ4n) is 1.63. The molecule has 2 aromatic rings. The molecular weight excluding hydrogens is 278 g/mol. The molecular formula is C18H21NO3. The van der Waals surface area contributed by atoms with E-state index in [0.717, 1.165) is 11.3 Å². The number of rotatable bonds is 4. The predicted octanol–water partition coefficient (Wildman–Crippen LogP) is 4.33. The molecule has 0 aromatic heterocycles. The van der Waals surface area contributed by atoms with Crippen LogP contribution in [0.2, 0.25) is 0 Å². The van der Waals surface area contributed by atoms with Gasteiger partial charge in [0, 0.05) is 6.08 Å². The Hall–Kier alpha value is -2.59. The topological polar surface area (TPSA) is 58.6 Å². The highest BCUT2D eigenvalue weighted by atomic mass is 16.5. The molecule has 0 heterocycles. The minimum Gasteiger partial charge on any atom is -0.457 e. The third kappa shape index (κ3) is 5.81. The van der Waals surface area contributed by atoms with Crippen molar-refractivity contribution in [3.05, 3.63) is 65.7 Å². The first kappa shape index (κ1) is 17.5. The molecule has 0 unspecified atom stereocenters. The number of hydroxylamine groups is 1. The molecule has 4 nitrogen and oxygen atoms in total. The molecule has 0 radical (unpaired) electrons. The number of aryl methyl sites for hydroxylation is 1. The lowest BCUT2D eigenvalue weighted by atomic mass is 10.2. The number of carbonyl (C=O) groups excluding carboxylic acids is 1. The third-order valence-corrected chi connectivity index (χ3v) is 2.65. The van der Waals surface area contributed by atoms with Crippen LogP contribution >= 0.6 is 0 Å². The summed E-state index contributed by atoms with van der Waals surface area (Å²) in [5, 5.41) is 8.41. The second-order valence-corrected chi connectivity index (χ2v) is 4.30. The molecule has 0 aliphatic carbocycles. The Balaban J connectivity index is 0.00000116. The van der Waals surface area contributed by atoms with Crippen LogP contribution in [0.15, 0.2) is 54.6 Å². The molecule has 2 aromatic carbocycles. The van der Waals surface area contributed by atoms with Gasteiger partial charge in [0.25, 0.3) is 5.91 Å². The summed E-state index contributed by atoms with van der Waals surface area (Å²) < 4.78 is 5.72. The Morgan fingerprint density at radius 2 is 1.77 bits per heavy atom. The van der Waals surface area contributed by atoms with Crippen LogP contribution in [-0.2, 0) is 4.79 Å². The van der Waals surface area contributed by atoms with Crippen molar-refractivity contribution in [1.29, 1.82) is 0 Å². The van der Waals surface area contributed by atoms with Crippen LogP contribution in [-0.4, -0.2) is 11.1 Å². The number of amides is 1. The van der Waals surface area contributed by atoms with E-state index in [-0.39, 0.29) is 0 Å². The summed E-state index contributed by atoms with van der Waals surface area (Å²) in [5.74, 6) is 0.861. The summed E-state index contributed by atoms with van der Waals surface area (Å²) in [6.45, 7) is 6.02. The van der Waals surface area contributed by atoms with Crippen LogP contribution in [0.5, 0.6) is 11.5 Å². The van der Waals surface area contributed by atoms with Gasteiger partial charge in [-0.25, -0.2) is 5.48 Å². The summed E-state index contributed by atoms with van der Waals surface area (Å²) in [7, 11) is 0. The Labute approximate surface area is 131 Å².